The van der Waals surface area contributed by atoms with Crippen molar-refractivity contribution in [2.75, 3.05) is 26.2 Å². The summed E-state index contributed by atoms with van der Waals surface area (Å²) in [6.45, 7) is 6.35. The van der Waals surface area contributed by atoms with Crippen molar-refractivity contribution in [1.82, 2.24) is 24.5 Å². The van der Waals surface area contributed by atoms with Crippen LogP contribution in [0.1, 0.15) is 29.3 Å². The van der Waals surface area contributed by atoms with Gasteiger partial charge in [0.2, 0.25) is 10.0 Å². The van der Waals surface area contributed by atoms with Gasteiger partial charge < -0.3 is 9.05 Å². The second-order valence-electron chi connectivity index (χ2n) is 7.50. The fourth-order valence-corrected chi connectivity index (χ4v) is 4.80. The molecule has 0 aliphatic carbocycles. The minimum Gasteiger partial charge on any atom is -0.361 e. The molecule has 0 radical (unpaired) electrons. The van der Waals surface area contributed by atoms with E-state index in [0.717, 1.165) is 24.1 Å². The molecule has 0 spiro atoms. The van der Waals surface area contributed by atoms with E-state index in [1.54, 1.807) is 13.0 Å². The van der Waals surface area contributed by atoms with Gasteiger partial charge in [-0.25, -0.2) is 8.42 Å². The summed E-state index contributed by atoms with van der Waals surface area (Å²) in [7, 11) is -3.48. The zero-order valence-electron chi connectivity index (χ0n) is 17.6. The Bertz CT molecular complexity index is 1130. The second-order valence-corrected chi connectivity index (χ2v) is 9.32. The normalized spacial score (nSPS) is 16.7. The SMILES string of the molecule is Cc1noc(C)c1-c1nc(CN2CCCN(S(=O)(=O)C=Cc3ccccc3)CC2)no1. The third-order valence-electron chi connectivity index (χ3n) is 5.22. The monoisotopic (exact) mass is 443 g/mol. The molecule has 1 aliphatic heterocycles. The van der Waals surface area contributed by atoms with Crippen LogP contribution in [0.5, 0.6) is 0 Å². The molecule has 0 saturated carbocycles. The lowest BCUT2D eigenvalue weighted by atomic mass is 10.2. The molecule has 4 rings (SSSR count). The first-order valence-corrected chi connectivity index (χ1v) is 11.6. The fourth-order valence-electron chi connectivity index (χ4n) is 3.58. The van der Waals surface area contributed by atoms with Crippen molar-refractivity contribution in [3.05, 3.63) is 58.6 Å². The van der Waals surface area contributed by atoms with E-state index in [0.29, 0.717) is 49.3 Å². The number of nitrogens with zero attached hydrogens (tertiary/aromatic N) is 5. The number of hydrogen-bond acceptors (Lipinski definition) is 8. The summed E-state index contributed by atoms with van der Waals surface area (Å²) in [6.07, 6.45) is 2.36. The summed E-state index contributed by atoms with van der Waals surface area (Å²) in [5, 5.41) is 9.27. The van der Waals surface area contributed by atoms with Gasteiger partial charge in [-0.15, -0.1) is 0 Å². The highest BCUT2D eigenvalue weighted by Crippen LogP contribution is 2.25. The van der Waals surface area contributed by atoms with Crippen LogP contribution in [0.4, 0.5) is 0 Å². The predicted octanol–water partition coefficient (Wildman–Crippen LogP) is 2.85. The van der Waals surface area contributed by atoms with Gasteiger partial charge in [-0.1, -0.05) is 40.6 Å². The first-order chi connectivity index (χ1) is 14.9. The Morgan fingerprint density at radius 1 is 1.03 bits per heavy atom. The molecule has 3 aromatic rings. The van der Waals surface area contributed by atoms with E-state index in [1.165, 1.54) is 9.71 Å². The van der Waals surface area contributed by atoms with E-state index in [4.69, 9.17) is 9.05 Å². The molecule has 1 fully saturated rings. The van der Waals surface area contributed by atoms with Gasteiger partial charge in [0.25, 0.3) is 5.89 Å². The molecular weight excluding hydrogens is 418 g/mol. The highest BCUT2D eigenvalue weighted by molar-refractivity contribution is 7.92. The minimum absolute atomic E-state index is 0.385. The van der Waals surface area contributed by atoms with Crippen molar-refractivity contribution in [1.29, 1.82) is 0 Å². The molecule has 0 N–H and O–H groups in total. The van der Waals surface area contributed by atoms with Crippen molar-refractivity contribution < 1.29 is 17.5 Å². The Labute approximate surface area is 181 Å². The molecule has 1 aromatic carbocycles. The van der Waals surface area contributed by atoms with Crippen LogP contribution in [0.25, 0.3) is 17.5 Å². The van der Waals surface area contributed by atoms with E-state index in [-0.39, 0.29) is 0 Å². The smallest absolute Gasteiger partial charge is 0.263 e. The van der Waals surface area contributed by atoms with Gasteiger partial charge in [-0.2, -0.15) is 9.29 Å². The van der Waals surface area contributed by atoms with Crippen molar-refractivity contribution in [2.24, 2.45) is 0 Å². The third kappa shape index (κ3) is 5.09. The van der Waals surface area contributed by atoms with E-state index < -0.39 is 10.0 Å². The molecule has 1 aliphatic rings. The maximum Gasteiger partial charge on any atom is 0.263 e. The molecule has 3 heterocycles. The summed E-state index contributed by atoms with van der Waals surface area (Å²) in [5.74, 6) is 1.57. The standard InChI is InChI=1S/C21H25N5O4S/c1-16-20(17(2)29-23-16)21-22-19(24-30-21)15-25-10-6-11-26(13-12-25)31(27,28)14-9-18-7-4-3-5-8-18/h3-5,7-9,14H,6,10-13,15H2,1-2H3. The molecule has 0 bridgehead atoms. The zero-order valence-corrected chi connectivity index (χ0v) is 18.4. The van der Waals surface area contributed by atoms with Crippen molar-refractivity contribution in [2.45, 2.75) is 26.8 Å². The summed E-state index contributed by atoms with van der Waals surface area (Å²) in [5.41, 5.74) is 2.28. The zero-order chi connectivity index (χ0) is 21.8. The second kappa shape index (κ2) is 9.13. The Morgan fingerprint density at radius 3 is 2.58 bits per heavy atom. The van der Waals surface area contributed by atoms with Crippen molar-refractivity contribution in [3.63, 3.8) is 0 Å². The molecule has 1 saturated heterocycles. The van der Waals surface area contributed by atoms with Crippen molar-refractivity contribution in [3.8, 4) is 11.5 Å². The van der Waals surface area contributed by atoms with Gasteiger partial charge in [0.05, 0.1) is 12.2 Å². The van der Waals surface area contributed by atoms with Gasteiger partial charge in [0.15, 0.2) is 5.82 Å². The lowest BCUT2D eigenvalue weighted by Gasteiger charge is -2.19. The quantitative estimate of drug-likeness (QED) is 0.573. The van der Waals surface area contributed by atoms with Crippen LogP contribution in [0, 0.1) is 13.8 Å². The molecule has 164 valence electrons. The molecular formula is C21H25N5O4S. The van der Waals surface area contributed by atoms with Gasteiger partial charge >= 0.3 is 0 Å². The Hall–Kier alpha value is -2.82. The van der Waals surface area contributed by atoms with Crippen LogP contribution >= 0.6 is 0 Å². The molecule has 0 amide bonds. The Balaban J connectivity index is 1.38. The van der Waals surface area contributed by atoms with E-state index >= 15 is 0 Å². The van der Waals surface area contributed by atoms with Gasteiger partial charge in [-0.3, -0.25) is 4.90 Å². The lowest BCUT2D eigenvalue weighted by Crippen LogP contribution is -2.34. The number of rotatable bonds is 6. The van der Waals surface area contributed by atoms with Gasteiger partial charge in [-0.05, 0) is 38.5 Å². The number of benzene rings is 1. The van der Waals surface area contributed by atoms with Crippen LogP contribution < -0.4 is 0 Å². The molecule has 10 heteroatoms. The topological polar surface area (TPSA) is 106 Å². The van der Waals surface area contributed by atoms with Crippen LogP contribution in [-0.4, -0.2) is 59.1 Å². The predicted molar refractivity (Wildman–Crippen MR) is 115 cm³/mol. The van der Waals surface area contributed by atoms with E-state index in [2.05, 4.69) is 20.2 Å². The largest absolute Gasteiger partial charge is 0.361 e. The van der Waals surface area contributed by atoms with Gasteiger partial charge in [0, 0.05) is 25.0 Å². The van der Waals surface area contributed by atoms with Crippen LogP contribution in [0.3, 0.4) is 0 Å². The minimum atomic E-state index is -3.48. The summed E-state index contributed by atoms with van der Waals surface area (Å²) >= 11 is 0. The molecule has 0 unspecified atom stereocenters. The van der Waals surface area contributed by atoms with Crippen LogP contribution in [-0.2, 0) is 16.6 Å². The highest BCUT2D eigenvalue weighted by atomic mass is 32.2. The number of sulfonamides is 1. The lowest BCUT2D eigenvalue weighted by molar-refractivity contribution is 0.267. The van der Waals surface area contributed by atoms with E-state index in [9.17, 15) is 8.42 Å². The fraction of sp³-hybridized carbons (Fsp3) is 0.381. The molecule has 2 aromatic heterocycles. The highest BCUT2D eigenvalue weighted by Gasteiger charge is 2.24. The van der Waals surface area contributed by atoms with E-state index in [1.807, 2.05) is 37.3 Å². The van der Waals surface area contributed by atoms with Crippen LogP contribution in [0.15, 0.2) is 44.8 Å². The first kappa shape index (κ1) is 21.4. The number of aromatic nitrogens is 3. The molecule has 9 nitrogen and oxygen atoms in total. The Kier molecular flexibility index (Phi) is 6.30. The maximum absolute atomic E-state index is 12.7. The van der Waals surface area contributed by atoms with Crippen molar-refractivity contribution >= 4 is 16.1 Å². The summed E-state index contributed by atoms with van der Waals surface area (Å²) in [4.78, 5) is 6.60. The van der Waals surface area contributed by atoms with Gasteiger partial charge in [0.1, 0.15) is 11.3 Å². The maximum atomic E-state index is 12.7. The molecule has 0 atom stereocenters. The molecule has 31 heavy (non-hydrogen) atoms. The summed E-state index contributed by atoms with van der Waals surface area (Å²) < 4.78 is 37.6. The Morgan fingerprint density at radius 2 is 1.84 bits per heavy atom. The summed E-state index contributed by atoms with van der Waals surface area (Å²) in [6, 6.07) is 9.41. The average Bonchev–Trinajstić information content (AvgIpc) is 3.25. The number of hydrogen-bond donors (Lipinski definition) is 0. The van der Waals surface area contributed by atoms with Crippen LogP contribution in [0.2, 0.25) is 0 Å². The third-order valence-corrected chi connectivity index (χ3v) is 6.78. The average molecular weight is 444 g/mol. The number of aryl methyl sites for hydroxylation is 2. The first-order valence-electron chi connectivity index (χ1n) is 10.1.